The number of aromatic nitrogens is 2. The molecule has 0 aliphatic heterocycles. The van der Waals surface area contributed by atoms with Gasteiger partial charge in [-0.15, -0.1) is 0 Å². The van der Waals surface area contributed by atoms with Crippen molar-refractivity contribution in [3.8, 4) is 0 Å². The van der Waals surface area contributed by atoms with Gasteiger partial charge < -0.3 is 5.73 Å². The number of anilines is 1. The van der Waals surface area contributed by atoms with E-state index < -0.39 is 0 Å². The minimum atomic E-state index is 0.301. The Morgan fingerprint density at radius 2 is 1.81 bits per heavy atom. The molecule has 0 aliphatic rings. The molecule has 0 saturated heterocycles. The molecule has 0 aromatic carbocycles. The van der Waals surface area contributed by atoms with Crippen molar-refractivity contribution >= 4 is 29.0 Å². The highest BCUT2D eigenvalue weighted by Crippen LogP contribution is 2.25. The first kappa shape index (κ1) is 11.2. The number of halogens is 2. The van der Waals surface area contributed by atoms with Crippen molar-refractivity contribution in [2.24, 2.45) is 0 Å². The van der Waals surface area contributed by atoms with Crippen molar-refractivity contribution in [3.05, 3.63) is 51.9 Å². The van der Waals surface area contributed by atoms with Gasteiger partial charge in [0.1, 0.15) is 5.82 Å². The molecule has 0 amide bonds. The van der Waals surface area contributed by atoms with E-state index in [2.05, 4.69) is 9.97 Å². The van der Waals surface area contributed by atoms with E-state index in [1.807, 2.05) is 12.1 Å². The van der Waals surface area contributed by atoms with Gasteiger partial charge in [-0.2, -0.15) is 0 Å². The summed E-state index contributed by atoms with van der Waals surface area (Å²) in [4.78, 5) is 8.10. The van der Waals surface area contributed by atoms with Crippen molar-refractivity contribution in [3.63, 3.8) is 0 Å². The molecular weight excluding hydrogens is 245 g/mol. The van der Waals surface area contributed by atoms with Gasteiger partial charge in [-0.1, -0.05) is 23.2 Å². The molecule has 5 heteroatoms. The smallest absolute Gasteiger partial charge is 0.142 e. The quantitative estimate of drug-likeness (QED) is 0.896. The highest BCUT2D eigenvalue weighted by molar-refractivity contribution is 6.36. The van der Waals surface area contributed by atoms with Crippen molar-refractivity contribution in [1.82, 2.24) is 9.97 Å². The molecule has 0 fully saturated rings. The van der Waals surface area contributed by atoms with Crippen LogP contribution in [0, 0.1) is 0 Å². The zero-order chi connectivity index (χ0) is 11.5. The average molecular weight is 254 g/mol. The first-order valence-electron chi connectivity index (χ1n) is 4.66. The van der Waals surface area contributed by atoms with Gasteiger partial charge in [-0.25, -0.2) is 4.98 Å². The molecular formula is C11H9Cl2N3. The molecule has 0 atom stereocenters. The minimum absolute atomic E-state index is 0.301. The fourth-order valence-corrected chi connectivity index (χ4v) is 1.76. The minimum Gasteiger partial charge on any atom is -0.382 e. The Kier molecular flexibility index (Phi) is 3.27. The molecule has 82 valence electrons. The molecule has 3 nitrogen and oxygen atoms in total. The predicted molar refractivity (Wildman–Crippen MR) is 65.7 cm³/mol. The molecule has 0 aliphatic carbocycles. The van der Waals surface area contributed by atoms with Gasteiger partial charge in [0.15, 0.2) is 0 Å². The highest BCUT2D eigenvalue weighted by atomic mass is 35.5. The number of nitrogens with two attached hydrogens (primary N) is 1. The van der Waals surface area contributed by atoms with Crippen LogP contribution in [0.4, 0.5) is 5.82 Å². The average Bonchev–Trinajstić information content (AvgIpc) is 2.27. The molecule has 2 aromatic rings. The molecule has 2 heterocycles. The van der Waals surface area contributed by atoms with Gasteiger partial charge in [0.2, 0.25) is 0 Å². The SMILES string of the molecule is Nc1nc(Cc2ccncc2)c(Cl)cc1Cl. The van der Waals surface area contributed by atoms with E-state index in [0.29, 0.717) is 22.3 Å². The third-order valence-corrected chi connectivity index (χ3v) is 2.78. The zero-order valence-corrected chi connectivity index (χ0v) is 9.83. The summed E-state index contributed by atoms with van der Waals surface area (Å²) in [5.74, 6) is 0.301. The summed E-state index contributed by atoms with van der Waals surface area (Å²) in [5.41, 5.74) is 7.42. The maximum absolute atomic E-state index is 6.03. The molecule has 0 saturated carbocycles. The molecule has 2 aromatic heterocycles. The Morgan fingerprint density at radius 3 is 2.50 bits per heavy atom. The van der Waals surface area contributed by atoms with E-state index in [-0.39, 0.29) is 0 Å². The van der Waals surface area contributed by atoms with Gasteiger partial charge in [-0.3, -0.25) is 4.98 Å². The third kappa shape index (κ3) is 2.43. The first-order chi connectivity index (χ1) is 7.66. The Hall–Kier alpha value is -1.32. The molecule has 0 radical (unpaired) electrons. The molecule has 2 N–H and O–H groups in total. The largest absolute Gasteiger partial charge is 0.382 e. The van der Waals surface area contributed by atoms with Crippen LogP contribution in [0.25, 0.3) is 0 Å². The second kappa shape index (κ2) is 4.68. The Bertz CT molecular complexity index is 500. The lowest BCUT2D eigenvalue weighted by atomic mass is 10.1. The van der Waals surface area contributed by atoms with Crippen LogP contribution in [0.5, 0.6) is 0 Å². The van der Waals surface area contributed by atoms with Gasteiger partial charge in [0.25, 0.3) is 0 Å². The molecule has 0 spiro atoms. The lowest BCUT2D eigenvalue weighted by molar-refractivity contribution is 1.07. The van der Waals surface area contributed by atoms with Gasteiger partial charge in [0, 0.05) is 18.8 Å². The lowest BCUT2D eigenvalue weighted by Crippen LogP contribution is -1.99. The molecule has 16 heavy (non-hydrogen) atoms. The molecule has 0 unspecified atom stereocenters. The van der Waals surface area contributed by atoms with E-state index in [4.69, 9.17) is 28.9 Å². The van der Waals surface area contributed by atoms with Gasteiger partial charge in [0.05, 0.1) is 15.7 Å². The van der Waals surface area contributed by atoms with Crippen molar-refractivity contribution in [2.75, 3.05) is 5.73 Å². The van der Waals surface area contributed by atoms with E-state index in [0.717, 1.165) is 11.3 Å². The summed E-state index contributed by atoms with van der Waals surface area (Å²) in [6.07, 6.45) is 4.06. The van der Waals surface area contributed by atoms with E-state index in [1.54, 1.807) is 18.5 Å². The summed E-state index contributed by atoms with van der Waals surface area (Å²) in [5, 5.41) is 0.902. The van der Waals surface area contributed by atoms with Crippen LogP contribution in [0.1, 0.15) is 11.3 Å². The molecule has 0 bridgehead atoms. The zero-order valence-electron chi connectivity index (χ0n) is 8.32. The topological polar surface area (TPSA) is 51.8 Å². The first-order valence-corrected chi connectivity index (χ1v) is 5.41. The normalized spacial score (nSPS) is 10.4. The maximum Gasteiger partial charge on any atom is 0.142 e. The van der Waals surface area contributed by atoms with Crippen LogP contribution >= 0.6 is 23.2 Å². The third-order valence-electron chi connectivity index (χ3n) is 2.15. The van der Waals surface area contributed by atoms with Crippen LogP contribution in [0.2, 0.25) is 10.0 Å². The fourth-order valence-electron chi connectivity index (χ4n) is 1.34. The van der Waals surface area contributed by atoms with Crippen LogP contribution in [0.3, 0.4) is 0 Å². The Labute approximate surface area is 103 Å². The van der Waals surface area contributed by atoms with Crippen LogP contribution < -0.4 is 5.73 Å². The molecule has 2 rings (SSSR count). The van der Waals surface area contributed by atoms with Crippen molar-refractivity contribution < 1.29 is 0 Å². The lowest BCUT2D eigenvalue weighted by Gasteiger charge is -2.06. The number of hydrogen-bond acceptors (Lipinski definition) is 3. The summed E-state index contributed by atoms with van der Waals surface area (Å²) >= 11 is 11.8. The summed E-state index contributed by atoms with van der Waals surface area (Å²) in [6, 6.07) is 5.42. The second-order valence-corrected chi connectivity index (χ2v) is 4.13. The summed E-state index contributed by atoms with van der Waals surface area (Å²) in [6.45, 7) is 0. The van der Waals surface area contributed by atoms with E-state index in [9.17, 15) is 0 Å². The number of hydrogen-bond donors (Lipinski definition) is 1. The Balaban J connectivity index is 2.32. The van der Waals surface area contributed by atoms with E-state index >= 15 is 0 Å². The fraction of sp³-hybridized carbons (Fsp3) is 0.0909. The number of rotatable bonds is 2. The number of nitrogen functional groups attached to an aromatic ring is 1. The van der Waals surface area contributed by atoms with E-state index in [1.165, 1.54) is 0 Å². The van der Waals surface area contributed by atoms with Gasteiger partial charge in [-0.05, 0) is 23.8 Å². The monoisotopic (exact) mass is 253 g/mol. The standard InChI is InChI=1S/C11H9Cl2N3/c12-8-6-9(13)11(14)16-10(8)5-7-1-3-15-4-2-7/h1-4,6H,5H2,(H2,14,16). The van der Waals surface area contributed by atoms with Crippen LogP contribution in [-0.2, 0) is 6.42 Å². The predicted octanol–water partition coefficient (Wildman–Crippen LogP) is 2.96. The summed E-state index contributed by atoms with van der Waals surface area (Å²) < 4.78 is 0. The highest BCUT2D eigenvalue weighted by Gasteiger charge is 2.07. The van der Waals surface area contributed by atoms with Crippen LogP contribution in [-0.4, -0.2) is 9.97 Å². The maximum atomic E-state index is 6.03. The van der Waals surface area contributed by atoms with Crippen molar-refractivity contribution in [1.29, 1.82) is 0 Å². The number of pyridine rings is 2. The van der Waals surface area contributed by atoms with Crippen molar-refractivity contribution in [2.45, 2.75) is 6.42 Å². The van der Waals surface area contributed by atoms with Gasteiger partial charge >= 0.3 is 0 Å². The summed E-state index contributed by atoms with van der Waals surface area (Å²) in [7, 11) is 0. The Morgan fingerprint density at radius 1 is 1.12 bits per heavy atom. The van der Waals surface area contributed by atoms with Crippen LogP contribution in [0.15, 0.2) is 30.6 Å². The number of nitrogens with zero attached hydrogens (tertiary/aromatic N) is 2. The second-order valence-electron chi connectivity index (χ2n) is 3.32.